The van der Waals surface area contributed by atoms with Crippen molar-refractivity contribution in [3.8, 4) is 0 Å². The Kier molecular flexibility index (Phi) is 5.98. The first-order valence-corrected chi connectivity index (χ1v) is 8.06. The third kappa shape index (κ3) is 4.83. The number of benzene rings is 1. The van der Waals surface area contributed by atoms with E-state index < -0.39 is 17.7 Å². The summed E-state index contributed by atoms with van der Waals surface area (Å²) in [6, 6.07) is 11.0. The van der Waals surface area contributed by atoms with Crippen molar-refractivity contribution in [3.05, 3.63) is 77.0 Å². The third-order valence-electron chi connectivity index (χ3n) is 3.25. The van der Waals surface area contributed by atoms with E-state index in [4.69, 9.17) is 0 Å². The largest absolute Gasteiger partial charge is 0.417 e. The lowest BCUT2D eigenvalue weighted by Gasteiger charge is -2.20. The number of nitrogens with zero attached hydrogens (tertiary/aromatic N) is 1. The van der Waals surface area contributed by atoms with Gasteiger partial charge in [-0.1, -0.05) is 42.5 Å². The highest BCUT2D eigenvalue weighted by Gasteiger charge is 2.35. The lowest BCUT2D eigenvalue weighted by atomic mass is 10.0. The van der Waals surface area contributed by atoms with Crippen LogP contribution >= 0.6 is 11.3 Å². The van der Waals surface area contributed by atoms with E-state index in [1.165, 1.54) is 46.6 Å². The van der Waals surface area contributed by atoms with Gasteiger partial charge in [0.05, 0.1) is 12.1 Å². The standard InChI is InChI=1S/C18H16F3NOS/c1-2-10-22(13-15-9-6-11-24-15)17(23)12-16(18(19,20)21)14-7-4-3-5-8-14/h2-9,11-12H,1,10,13H2/b16-12-. The Morgan fingerprint density at radius 1 is 1.17 bits per heavy atom. The second-order valence-corrected chi connectivity index (χ2v) is 6.04. The molecule has 2 aromatic rings. The van der Waals surface area contributed by atoms with Crippen molar-refractivity contribution in [1.82, 2.24) is 4.90 Å². The SMILES string of the molecule is C=CCN(Cc1cccs1)C(=O)/C=C(/c1ccccc1)C(F)(F)F. The maximum atomic E-state index is 13.3. The van der Waals surface area contributed by atoms with E-state index >= 15 is 0 Å². The Bertz CT molecular complexity index is 706. The van der Waals surface area contributed by atoms with Gasteiger partial charge in [-0.05, 0) is 17.0 Å². The molecule has 0 bridgehead atoms. The highest BCUT2D eigenvalue weighted by Crippen LogP contribution is 2.33. The molecule has 0 aliphatic heterocycles. The Balaban J connectivity index is 2.31. The molecule has 1 aromatic carbocycles. The van der Waals surface area contributed by atoms with Crippen LogP contribution in [0.4, 0.5) is 13.2 Å². The number of hydrogen-bond donors (Lipinski definition) is 0. The molecule has 0 spiro atoms. The molecule has 0 saturated carbocycles. The summed E-state index contributed by atoms with van der Waals surface area (Å²) in [6.07, 6.45) is -2.46. The van der Waals surface area contributed by atoms with Gasteiger partial charge in [0.1, 0.15) is 0 Å². The molecule has 2 nitrogen and oxygen atoms in total. The molecule has 1 aromatic heterocycles. The summed E-state index contributed by atoms with van der Waals surface area (Å²) < 4.78 is 40.0. The van der Waals surface area contributed by atoms with Gasteiger partial charge in [0.2, 0.25) is 5.91 Å². The second-order valence-electron chi connectivity index (χ2n) is 5.01. The Morgan fingerprint density at radius 2 is 1.88 bits per heavy atom. The highest BCUT2D eigenvalue weighted by atomic mass is 32.1. The minimum absolute atomic E-state index is 0.0342. The fourth-order valence-electron chi connectivity index (χ4n) is 2.14. The highest BCUT2D eigenvalue weighted by molar-refractivity contribution is 7.09. The fraction of sp³-hybridized carbons (Fsp3) is 0.167. The molecule has 24 heavy (non-hydrogen) atoms. The summed E-state index contributed by atoms with van der Waals surface area (Å²) in [5, 5.41) is 1.85. The first kappa shape index (κ1) is 18.0. The van der Waals surface area contributed by atoms with Crippen LogP contribution in [0.25, 0.3) is 5.57 Å². The van der Waals surface area contributed by atoms with Crippen molar-refractivity contribution in [1.29, 1.82) is 0 Å². The summed E-state index contributed by atoms with van der Waals surface area (Å²) in [5.74, 6) is -0.695. The van der Waals surface area contributed by atoms with E-state index in [2.05, 4.69) is 6.58 Å². The molecular weight excluding hydrogens is 335 g/mol. The Labute approximate surface area is 142 Å². The van der Waals surface area contributed by atoms with Crippen LogP contribution in [0.1, 0.15) is 10.4 Å². The number of hydrogen-bond acceptors (Lipinski definition) is 2. The van der Waals surface area contributed by atoms with Gasteiger partial charge in [0, 0.05) is 17.5 Å². The second kappa shape index (κ2) is 7.97. The van der Waals surface area contributed by atoms with Gasteiger partial charge in [-0.2, -0.15) is 13.2 Å². The van der Waals surface area contributed by atoms with Crippen molar-refractivity contribution in [2.75, 3.05) is 6.54 Å². The zero-order valence-corrected chi connectivity index (χ0v) is 13.6. The number of carbonyl (C=O) groups is 1. The molecule has 0 fully saturated rings. The lowest BCUT2D eigenvalue weighted by Crippen LogP contribution is -2.29. The Morgan fingerprint density at radius 3 is 2.42 bits per heavy atom. The van der Waals surface area contributed by atoms with E-state index in [1.54, 1.807) is 6.07 Å². The van der Waals surface area contributed by atoms with Gasteiger partial charge >= 0.3 is 6.18 Å². The molecule has 126 valence electrons. The van der Waals surface area contributed by atoms with Gasteiger partial charge in [-0.15, -0.1) is 17.9 Å². The molecular formula is C18H16F3NOS. The fourth-order valence-corrected chi connectivity index (χ4v) is 2.86. The number of alkyl halides is 3. The average Bonchev–Trinajstić information content (AvgIpc) is 3.05. The molecule has 0 radical (unpaired) electrons. The van der Waals surface area contributed by atoms with Crippen LogP contribution in [0, 0.1) is 0 Å². The van der Waals surface area contributed by atoms with Crippen LogP contribution in [-0.2, 0) is 11.3 Å². The first-order chi connectivity index (χ1) is 11.4. The van der Waals surface area contributed by atoms with Crippen LogP contribution in [0.15, 0.2) is 66.6 Å². The summed E-state index contributed by atoms with van der Waals surface area (Å²) in [7, 11) is 0. The van der Waals surface area contributed by atoms with Gasteiger partial charge in [-0.25, -0.2) is 0 Å². The molecule has 2 rings (SSSR count). The summed E-state index contributed by atoms with van der Waals surface area (Å²) in [5.41, 5.74) is -0.985. The van der Waals surface area contributed by atoms with E-state index in [1.807, 2.05) is 17.5 Å². The van der Waals surface area contributed by atoms with Crippen LogP contribution in [0.2, 0.25) is 0 Å². The zero-order valence-electron chi connectivity index (χ0n) is 12.8. The van der Waals surface area contributed by atoms with E-state index in [0.29, 0.717) is 6.08 Å². The third-order valence-corrected chi connectivity index (χ3v) is 4.11. The molecule has 1 heterocycles. The van der Waals surface area contributed by atoms with Crippen LogP contribution in [0.5, 0.6) is 0 Å². The van der Waals surface area contributed by atoms with Crippen molar-refractivity contribution in [2.45, 2.75) is 12.7 Å². The quantitative estimate of drug-likeness (QED) is 0.535. The molecule has 0 saturated heterocycles. The van der Waals surface area contributed by atoms with Crippen molar-refractivity contribution in [3.63, 3.8) is 0 Å². The number of carbonyl (C=O) groups excluding carboxylic acids is 1. The molecule has 0 unspecified atom stereocenters. The van der Waals surface area contributed by atoms with Gasteiger partial charge in [-0.3, -0.25) is 4.79 Å². The van der Waals surface area contributed by atoms with Crippen molar-refractivity contribution >= 4 is 22.8 Å². The number of amides is 1. The molecule has 1 amide bonds. The molecule has 6 heteroatoms. The van der Waals surface area contributed by atoms with Gasteiger partial charge in [0.15, 0.2) is 0 Å². The molecule has 0 aliphatic carbocycles. The maximum absolute atomic E-state index is 13.3. The topological polar surface area (TPSA) is 20.3 Å². The number of rotatable bonds is 6. The van der Waals surface area contributed by atoms with E-state index in [0.717, 1.165) is 4.88 Å². The lowest BCUT2D eigenvalue weighted by molar-refractivity contribution is -0.126. The van der Waals surface area contributed by atoms with Crippen molar-refractivity contribution in [2.24, 2.45) is 0 Å². The summed E-state index contributed by atoms with van der Waals surface area (Å²) in [6.45, 7) is 3.99. The molecule has 0 aliphatic rings. The predicted octanol–water partition coefficient (Wildman–Crippen LogP) is 4.91. The maximum Gasteiger partial charge on any atom is 0.417 e. The summed E-state index contributed by atoms with van der Waals surface area (Å²) >= 11 is 1.44. The number of thiophene rings is 1. The van der Waals surface area contributed by atoms with E-state index in [-0.39, 0.29) is 18.7 Å². The smallest absolute Gasteiger partial charge is 0.330 e. The van der Waals surface area contributed by atoms with Gasteiger partial charge in [0.25, 0.3) is 0 Å². The van der Waals surface area contributed by atoms with E-state index in [9.17, 15) is 18.0 Å². The van der Waals surface area contributed by atoms with Crippen LogP contribution in [0.3, 0.4) is 0 Å². The van der Waals surface area contributed by atoms with Crippen LogP contribution < -0.4 is 0 Å². The molecule has 0 atom stereocenters. The number of halogens is 3. The first-order valence-electron chi connectivity index (χ1n) is 7.18. The summed E-state index contributed by atoms with van der Waals surface area (Å²) in [4.78, 5) is 14.6. The minimum Gasteiger partial charge on any atom is -0.330 e. The molecule has 0 N–H and O–H groups in total. The predicted molar refractivity (Wildman–Crippen MR) is 90.4 cm³/mol. The average molecular weight is 351 g/mol. The van der Waals surface area contributed by atoms with Crippen LogP contribution in [-0.4, -0.2) is 23.5 Å². The minimum atomic E-state index is -4.61. The normalized spacial score (nSPS) is 12.0. The zero-order chi connectivity index (χ0) is 17.6. The monoisotopic (exact) mass is 351 g/mol. The number of allylic oxidation sites excluding steroid dienone is 1. The van der Waals surface area contributed by atoms with Crippen molar-refractivity contribution < 1.29 is 18.0 Å². The van der Waals surface area contributed by atoms with Gasteiger partial charge < -0.3 is 4.90 Å². The Hall–Kier alpha value is -2.34.